The number of hydrogen-bond acceptors (Lipinski definition) is 7. The second-order valence-electron chi connectivity index (χ2n) is 10.2. The molecule has 1 fully saturated rings. The zero-order chi connectivity index (χ0) is 26.3. The second-order valence-corrected chi connectivity index (χ2v) is 10.2. The normalized spacial score (nSPS) is 21.3. The van der Waals surface area contributed by atoms with Crippen LogP contribution in [0.1, 0.15) is 70.8 Å². The number of rotatable bonds is 4. The topological polar surface area (TPSA) is 112 Å². The van der Waals surface area contributed by atoms with Crippen molar-refractivity contribution < 1.29 is 22.7 Å². The van der Waals surface area contributed by atoms with Crippen molar-refractivity contribution in [2.45, 2.75) is 49.8 Å². The van der Waals surface area contributed by atoms with E-state index in [9.17, 15) is 18.0 Å². The lowest BCUT2D eigenvalue weighted by Crippen LogP contribution is -2.44. The summed E-state index contributed by atoms with van der Waals surface area (Å²) in [5, 5.41) is 0. The van der Waals surface area contributed by atoms with E-state index in [0.717, 1.165) is 42.5 Å². The van der Waals surface area contributed by atoms with Crippen molar-refractivity contribution >= 4 is 11.7 Å². The van der Waals surface area contributed by atoms with Crippen LogP contribution in [0.3, 0.4) is 0 Å². The molecule has 4 heterocycles. The van der Waals surface area contributed by atoms with Gasteiger partial charge in [-0.05, 0) is 31.7 Å². The summed E-state index contributed by atoms with van der Waals surface area (Å²) in [5.41, 5.74) is 8.85. The van der Waals surface area contributed by atoms with Crippen molar-refractivity contribution in [3.63, 3.8) is 0 Å². The minimum Gasteiger partial charge on any atom is -0.434 e. The number of benzene rings is 1. The molecule has 0 spiro atoms. The van der Waals surface area contributed by atoms with Crippen molar-refractivity contribution in [3.05, 3.63) is 71.1 Å². The van der Waals surface area contributed by atoms with Gasteiger partial charge in [0.2, 0.25) is 5.78 Å². The van der Waals surface area contributed by atoms with Gasteiger partial charge in [-0.3, -0.25) is 9.20 Å². The number of aromatic nitrogens is 5. The monoisotopic (exact) mass is 521 g/mol. The maximum absolute atomic E-state index is 14.4. The van der Waals surface area contributed by atoms with Gasteiger partial charge >= 0.3 is 6.61 Å². The maximum Gasteiger partial charge on any atom is 0.387 e. The number of nitrogens with two attached hydrogens (primary N) is 1. The highest BCUT2D eigenvalue weighted by Crippen LogP contribution is 2.52. The van der Waals surface area contributed by atoms with Gasteiger partial charge in [-0.25, -0.2) is 24.3 Å². The predicted octanol–water partition coefficient (Wildman–Crippen LogP) is 3.93. The molecule has 1 amide bonds. The molecule has 12 heteroatoms. The van der Waals surface area contributed by atoms with Crippen molar-refractivity contribution in [1.82, 2.24) is 29.2 Å². The number of ether oxygens (including phenoxy) is 1. The standard InChI is InChI=1S/C26H22F3N7O2/c1-35-17-7-15(19-16(22(35)37)5-14(27)6-18(19)38-24(28)29)21-20(17)34-25-33-10-13(11-36(21)25)12-8-31-23(32-9-12)26(30)3-2-4-26/h5-6,8-11,15,17,24H,2-4,7,30H2,1H3. The Labute approximate surface area is 214 Å². The number of amides is 1. The molecule has 3 aliphatic rings. The van der Waals surface area contributed by atoms with Crippen LogP contribution < -0.4 is 10.5 Å². The molecule has 2 bridgehead atoms. The van der Waals surface area contributed by atoms with Crippen molar-refractivity contribution in [2.24, 2.45) is 5.73 Å². The lowest BCUT2D eigenvalue weighted by molar-refractivity contribution is -0.0507. The number of carbonyl (C=O) groups is 1. The Morgan fingerprint density at radius 1 is 1.13 bits per heavy atom. The number of halogens is 3. The van der Waals surface area contributed by atoms with E-state index in [0.29, 0.717) is 29.4 Å². The molecular formula is C26H22F3N7O2. The Hall–Kier alpha value is -4.06. The fourth-order valence-corrected chi connectivity index (χ4v) is 5.92. The summed E-state index contributed by atoms with van der Waals surface area (Å²) in [4.78, 5) is 32.9. The number of imidazole rings is 1. The van der Waals surface area contributed by atoms with Crippen LogP contribution in [0.15, 0.2) is 36.9 Å². The number of fused-ring (bicyclic) bond motifs is 9. The van der Waals surface area contributed by atoms with E-state index in [1.54, 1.807) is 30.0 Å². The average molecular weight is 522 g/mol. The number of alkyl halides is 2. The van der Waals surface area contributed by atoms with Crippen LogP contribution in [-0.4, -0.2) is 48.8 Å². The molecule has 7 rings (SSSR count). The molecule has 1 aromatic carbocycles. The summed E-state index contributed by atoms with van der Waals surface area (Å²) in [6, 6.07) is 1.54. The second kappa shape index (κ2) is 7.97. The minimum atomic E-state index is -3.18. The molecule has 9 nitrogen and oxygen atoms in total. The van der Waals surface area contributed by atoms with Crippen LogP contribution in [0.5, 0.6) is 5.75 Å². The summed E-state index contributed by atoms with van der Waals surface area (Å²) in [6.45, 7) is -3.18. The molecule has 0 saturated heterocycles. The lowest BCUT2D eigenvalue weighted by Gasteiger charge is -2.36. The highest BCUT2D eigenvalue weighted by atomic mass is 19.3. The van der Waals surface area contributed by atoms with Gasteiger partial charge in [0.25, 0.3) is 5.91 Å². The van der Waals surface area contributed by atoms with Crippen LogP contribution >= 0.6 is 0 Å². The molecule has 2 atom stereocenters. The molecule has 194 valence electrons. The van der Waals surface area contributed by atoms with Crippen LogP contribution in [0.2, 0.25) is 0 Å². The van der Waals surface area contributed by atoms with E-state index in [4.69, 9.17) is 15.5 Å². The molecule has 1 aliphatic heterocycles. The Morgan fingerprint density at radius 3 is 2.55 bits per heavy atom. The van der Waals surface area contributed by atoms with Gasteiger partial charge in [0.05, 0.1) is 28.5 Å². The molecule has 38 heavy (non-hydrogen) atoms. The first kappa shape index (κ1) is 23.1. The number of nitrogens with zero attached hydrogens (tertiary/aromatic N) is 6. The molecule has 2 N–H and O–H groups in total. The van der Waals surface area contributed by atoms with Gasteiger partial charge < -0.3 is 15.4 Å². The van der Waals surface area contributed by atoms with Gasteiger partial charge in [0.15, 0.2) is 0 Å². The zero-order valence-electron chi connectivity index (χ0n) is 20.2. The summed E-state index contributed by atoms with van der Waals surface area (Å²) in [7, 11) is 1.60. The van der Waals surface area contributed by atoms with E-state index in [1.807, 2.05) is 6.20 Å². The van der Waals surface area contributed by atoms with Gasteiger partial charge in [-0.15, -0.1) is 0 Å². The Morgan fingerprint density at radius 2 is 1.87 bits per heavy atom. The minimum absolute atomic E-state index is 0.00365. The van der Waals surface area contributed by atoms with E-state index < -0.39 is 35.8 Å². The lowest BCUT2D eigenvalue weighted by atomic mass is 9.77. The van der Waals surface area contributed by atoms with E-state index in [-0.39, 0.29) is 16.9 Å². The Bertz CT molecular complexity index is 1620. The zero-order valence-corrected chi connectivity index (χ0v) is 20.2. The van der Waals surface area contributed by atoms with Crippen LogP contribution in [0, 0.1) is 5.82 Å². The molecule has 4 aromatic rings. The Balaban J connectivity index is 1.38. The van der Waals surface area contributed by atoms with Gasteiger partial charge in [-0.1, -0.05) is 0 Å². The first-order chi connectivity index (χ1) is 18.2. The summed E-state index contributed by atoms with van der Waals surface area (Å²) in [6.07, 6.45) is 10.1. The summed E-state index contributed by atoms with van der Waals surface area (Å²) < 4.78 is 47.5. The fourth-order valence-electron chi connectivity index (χ4n) is 5.92. The highest BCUT2D eigenvalue weighted by molar-refractivity contribution is 5.98. The fraction of sp³-hybridized carbons (Fsp3) is 0.346. The van der Waals surface area contributed by atoms with Crippen LogP contribution in [0.4, 0.5) is 13.2 Å². The summed E-state index contributed by atoms with van der Waals surface area (Å²) >= 11 is 0. The maximum atomic E-state index is 14.4. The largest absolute Gasteiger partial charge is 0.434 e. The predicted molar refractivity (Wildman–Crippen MR) is 128 cm³/mol. The third kappa shape index (κ3) is 3.25. The summed E-state index contributed by atoms with van der Waals surface area (Å²) in [5.74, 6) is -1.21. The Kier molecular flexibility index (Phi) is 4.84. The van der Waals surface area contributed by atoms with Crippen molar-refractivity contribution in [3.8, 4) is 16.9 Å². The smallest absolute Gasteiger partial charge is 0.387 e. The molecule has 1 saturated carbocycles. The van der Waals surface area contributed by atoms with Gasteiger partial charge in [-0.2, -0.15) is 8.78 Å². The SMILES string of the molecule is CN1C(=O)c2cc(F)cc(OC(F)F)c2C2CC1c1nc3ncc(-c4cnc(C5(N)CCC5)nc4)cn3c12. The molecular weight excluding hydrogens is 499 g/mol. The van der Waals surface area contributed by atoms with Crippen molar-refractivity contribution in [2.75, 3.05) is 7.05 Å². The molecule has 0 radical (unpaired) electrons. The molecule has 3 aromatic heterocycles. The van der Waals surface area contributed by atoms with Crippen LogP contribution in [0.25, 0.3) is 16.9 Å². The van der Waals surface area contributed by atoms with Crippen LogP contribution in [-0.2, 0) is 5.54 Å². The first-order valence-corrected chi connectivity index (χ1v) is 12.3. The number of hydrogen-bond donors (Lipinski definition) is 1. The van der Waals surface area contributed by atoms with E-state index in [2.05, 4.69) is 15.0 Å². The quantitative estimate of drug-likeness (QED) is 0.433. The van der Waals surface area contributed by atoms with Gasteiger partial charge in [0, 0.05) is 60.5 Å². The highest BCUT2D eigenvalue weighted by Gasteiger charge is 2.46. The third-order valence-electron chi connectivity index (χ3n) is 8.02. The van der Waals surface area contributed by atoms with E-state index in [1.165, 1.54) is 4.90 Å². The third-order valence-corrected chi connectivity index (χ3v) is 8.02. The molecule has 2 aliphatic carbocycles. The average Bonchev–Trinajstić information content (AvgIpc) is 3.40. The van der Waals surface area contributed by atoms with E-state index >= 15 is 0 Å². The van der Waals surface area contributed by atoms with Gasteiger partial charge in [0.1, 0.15) is 17.4 Å². The molecule has 2 unspecified atom stereocenters. The van der Waals surface area contributed by atoms with Crippen molar-refractivity contribution in [1.29, 1.82) is 0 Å². The first-order valence-electron chi connectivity index (χ1n) is 12.3. The number of carbonyl (C=O) groups excluding carboxylic acids is 1.